The van der Waals surface area contributed by atoms with Gasteiger partial charge in [0, 0.05) is 31.4 Å². The lowest BCUT2D eigenvalue weighted by atomic mass is 10.2. The van der Waals surface area contributed by atoms with Crippen molar-refractivity contribution >= 4 is 40.4 Å². The van der Waals surface area contributed by atoms with Crippen molar-refractivity contribution in [3.05, 3.63) is 80.1 Å². The highest BCUT2D eigenvalue weighted by Gasteiger charge is 2.33. The summed E-state index contributed by atoms with van der Waals surface area (Å²) < 4.78 is 16.3. The van der Waals surface area contributed by atoms with E-state index in [1.165, 1.54) is 35.0 Å². The summed E-state index contributed by atoms with van der Waals surface area (Å²) in [4.78, 5) is 38.7. The maximum Gasteiger partial charge on any atom is 0.261 e. The lowest BCUT2D eigenvalue weighted by Crippen LogP contribution is -2.42. The van der Waals surface area contributed by atoms with Crippen LogP contribution in [0.2, 0.25) is 4.34 Å². The number of nitrogens with zero attached hydrogens (tertiary/aromatic N) is 2. The SMILES string of the molecule is O=C(CN1C[C@H](O)[C@H](NC(=O)c2ccc(Cl)s2)C1)Nc1ccc(-n2ccccc2=O)cc1F. The molecule has 0 unspecified atom stereocenters. The highest BCUT2D eigenvalue weighted by Crippen LogP contribution is 2.22. The Balaban J connectivity index is 1.34. The van der Waals surface area contributed by atoms with Crippen LogP contribution in [0, 0.1) is 5.82 Å². The number of rotatable bonds is 6. The van der Waals surface area contributed by atoms with E-state index in [1.807, 2.05) is 0 Å². The summed E-state index contributed by atoms with van der Waals surface area (Å²) in [6, 6.07) is 11.4. The van der Waals surface area contributed by atoms with E-state index in [-0.39, 0.29) is 36.8 Å². The van der Waals surface area contributed by atoms with Gasteiger partial charge in [0.15, 0.2) is 0 Å². The van der Waals surface area contributed by atoms with Crippen LogP contribution in [0.15, 0.2) is 59.5 Å². The quantitative estimate of drug-likeness (QED) is 0.491. The summed E-state index contributed by atoms with van der Waals surface area (Å²) in [5.74, 6) is -1.50. The number of carbonyl (C=O) groups excluding carboxylic acids is 2. The average Bonchev–Trinajstić information content (AvgIpc) is 3.35. The zero-order valence-corrected chi connectivity index (χ0v) is 18.8. The topological polar surface area (TPSA) is 104 Å². The van der Waals surface area contributed by atoms with Crippen LogP contribution in [0.3, 0.4) is 0 Å². The second-order valence-corrected chi connectivity index (χ2v) is 9.28. The van der Waals surface area contributed by atoms with E-state index in [0.29, 0.717) is 14.9 Å². The molecular weight excluding hydrogens is 471 g/mol. The number of likely N-dealkylation sites (tertiary alicyclic amines) is 1. The van der Waals surface area contributed by atoms with Crippen molar-refractivity contribution in [3.63, 3.8) is 0 Å². The minimum Gasteiger partial charge on any atom is -0.390 e. The molecule has 1 saturated heterocycles. The second kappa shape index (κ2) is 9.84. The zero-order chi connectivity index (χ0) is 23.5. The van der Waals surface area contributed by atoms with Crippen molar-refractivity contribution in [2.24, 2.45) is 0 Å². The molecule has 0 bridgehead atoms. The van der Waals surface area contributed by atoms with E-state index in [9.17, 15) is 23.9 Å². The number of aliphatic hydroxyl groups is 1. The molecule has 4 rings (SSSR count). The van der Waals surface area contributed by atoms with Gasteiger partial charge in [-0.3, -0.25) is 23.9 Å². The summed E-state index contributed by atoms with van der Waals surface area (Å²) in [6.07, 6.45) is 0.674. The number of nitrogens with one attached hydrogen (secondary N) is 2. The molecule has 3 heterocycles. The number of thiophene rings is 1. The molecular formula is C22H20ClFN4O4S. The molecule has 8 nitrogen and oxygen atoms in total. The highest BCUT2D eigenvalue weighted by molar-refractivity contribution is 7.18. The maximum atomic E-state index is 14.5. The van der Waals surface area contributed by atoms with Crippen molar-refractivity contribution in [1.82, 2.24) is 14.8 Å². The summed E-state index contributed by atoms with van der Waals surface area (Å²) in [5, 5.41) is 15.5. The third-order valence-corrected chi connectivity index (χ3v) is 6.40. The lowest BCUT2D eigenvalue weighted by Gasteiger charge is -2.16. The summed E-state index contributed by atoms with van der Waals surface area (Å²) in [5.41, 5.74) is 0.0152. The van der Waals surface area contributed by atoms with E-state index in [4.69, 9.17) is 11.6 Å². The van der Waals surface area contributed by atoms with Crippen LogP contribution < -0.4 is 16.2 Å². The largest absolute Gasteiger partial charge is 0.390 e. The van der Waals surface area contributed by atoms with Gasteiger partial charge in [0.2, 0.25) is 5.91 Å². The first-order valence-electron chi connectivity index (χ1n) is 10.0. The first-order valence-corrected chi connectivity index (χ1v) is 11.2. The molecule has 2 amide bonds. The molecule has 1 aromatic carbocycles. The third kappa shape index (κ3) is 5.48. The molecule has 0 spiro atoms. The van der Waals surface area contributed by atoms with Crippen molar-refractivity contribution in [1.29, 1.82) is 0 Å². The van der Waals surface area contributed by atoms with Crippen LogP contribution in [0.25, 0.3) is 5.69 Å². The molecule has 11 heteroatoms. The smallest absolute Gasteiger partial charge is 0.261 e. The van der Waals surface area contributed by atoms with Gasteiger partial charge in [-0.25, -0.2) is 4.39 Å². The molecule has 0 aliphatic carbocycles. The monoisotopic (exact) mass is 490 g/mol. The number of hydrogen-bond donors (Lipinski definition) is 3. The van der Waals surface area contributed by atoms with Crippen LogP contribution in [-0.2, 0) is 4.79 Å². The Morgan fingerprint density at radius 3 is 2.70 bits per heavy atom. The van der Waals surface area contributed by atoms with Gasteiger partial charge >= 0.3 is 0 Å². The number of β-amino-alcohol motifs (C(OH)–C–C–N with tert-alkyl or cyclic N) is 1. The van der Waals surface area contributed by atoms with Crippen molar-refractivity contribution in [3.8, 4) is 5.69 Å². The molecule has 172 valence electrons. The van der Waals surface area contributed by atoms with Gasteiger partial charge in [0.05, 0.1) is 39.3 Å². The molecule has 3 N–H and O–H groups in total. The Morgan fingerprint density at radius 1 is 1.18 bits per heavy atom. The normalized spacial score (nSPS) is 18.3. The highest BCUT2D eigenvalue weighted by atomic mass is 35.5. The van der Waals surface area contributed by atoms with E-state index in [2.05, 4.69) is 10.6 Å². The molecule has 1 aliphatic rings. The summed E-state index contributed by atoms with van der Waals surface area (Å²) in [6.45, 7) is 0.354. The summed E-state index contributed by atoms with van der Waals surface area (Å²) in [7, 11) is 0. The second-order valence-electron chi connectivity index (χ2n) is 7.57. The molecule has 0 radical (unpaired) electrons. The van der Waals surface area contributed by atoms with Crippen LogP contribution in [0.1, 0.15) is 9.67 Å². The Labute approximate surface area is 197 Å². The molecule has 2 aromatic heterocycles. The number of aromatic nitrogens is 1. The van der Waals surface area contributed by atoms with Gasteiger partial charge in [0.25, 0.3) is 11.5 Å². The van der Waals surface area contributed by atoms with Gasteiger partial charge in [-0.15, -0.1) is 11.3 Å². The van der Waals surface area contributed by atoms with Crippen molar-refractivity contribution < 1.29 is 19.1 Å². The van der Waals surface area contributed by atoms with Gasteiger partial charge in [0.1, 0.15) is 5.82 Å². The van der Waals surface area contributed by atoms with Crippen LogP contribution in [0.5, 0.6) is 0 Å². The van der Waals surface area contributed by atoms with E-state index >= 15 is 0 Å². The molecule has 2 atom stereocenters. The predicted octanol–water partition coefficient (Wildman–Crippen LogP) is 2.11. The molecule has 1 fully saturated rings. The fraction of sp³-hybridized carbons (Fsp3) is 0.227. The van der Waals surface area contributed by atoms with Crippen LogP contribution in [-0.4, -0.2) is 58.2 Å². The summed E-state index contributed by atoms with van der Waals surface area (Å²) >= 11 is 6.98. The first kappa shape index (κ1) is 23.1. The molecule has 3 aromatic rings. The number of amides is 2. The van der Waals surface area contributed by atoms with Crippen molar-refractivity contribution in [2.75, 3.05) is 25.0 Å². The Bertz CT molecular complexity index is 1250. The number of aliphatic hydroxyl groups excluding tert-OH is 1. The minimum atomic E-state index is -0.850. The van der Waals surface area contributed by atoms with E-state index in [0.717, 1.165) is 11.3 Å². The number of carbonyl (C=O) groups is 2. The van der Waals surface area contributed by atoms with Crippen LogP contribution in [0.4, 0.5) is 10.1 Å². The number of halogens is 2. The van der Waals surface area contributed by atoms with Gasteiger partial charge in [-0.05, 0) is 30.3 Å². The minimum absolute atomic E-state index is 0.0214. The van der Waals surface area contributed by atoms with Gasteiger partial charge in [-0.1, -0.05) is 17.7 Å². The first-order chi connectivity index (χ1) is 15.8. The van der Waals surface area contributed by atoms with Crippen molar-refractivity contribution in [2.45, 2.75) is 12.1 Å². The number of benzene rings is 1. The third-order valence-electron chi connectivity index (χ3n) is 5.17. The fourth-order valence-corrected chi connectivity index (χ4v) is 4.55. The Hall–Kier alpha value is -3.05. The molecule has 33 heavy (non-hydrogen) atoms. The lowest BCUT2D eigenvalue weighted by molar-refractivity contribution is -0.117. The molecule has 1 aliphatic heterocycles. The van der Waals surface area contributed by atoms with Gasteiger partial charge in [-0.2, -0.15) is 0 Å². The standard InChI is InChI=1S/C22H20ClFN4O4S/c23-19-7-6-18(33-19)22(32)26-16-10-27(11-17(16)29)12-20(30)25-15-5-4-13(9-14(15)24)28-8-2-1-3-21(28)31/h1-9,16-17,29H,10-12H2,(H,25,30)(H,26,32)/t16-,17+/m1/s1. The number of pyridine rings is 1. The Kier molecular flexibility index (Phi) is 6.89. The van der Waals surface area contributed by atoms with Crippen LogP contribution >= 0.6 is 22.9 Å². The average molecular weight is 491 g/mol. The van der Waals surface area contributed by atoms with Gasteiger partial charge < -0.3 is 15.7 Å². The number of hydrogen-bond acceptors (Lipinski definition) is 6. The van der Waals surface area contributed by atoms with E-state index < -0.39 is 23.9 Å². The van der Waals surface area contributed by atoms with E-state index in [1.54, 1.807) is 29.2 Å². The fourth-order valence-electron chi connectivity index (χ4n) is 3.60. The zero-order valence-electron chi connectivity index (χ0n) is 17.2. The predicted molar refractivity (Wildman–Crippen MR) is 124 cm³/mol. The maximum absolute atomic E-state index is 14.5. The molecule has 0 saturated carbocycles. The number of anilines is 1. The Morgan fingerprint density at radius 2 is 2.00 bits per heavy atom.